The second-order valence-electron chi connectivity index (χ2n) is 4.60. The molecular formula is C15H16O. The Balaban J connectivity index is 2.37. The summed E-state index contributed by atoms with van der Waals surface area (Å²) in [5, 5.41) is 2.77. The van der Waals surface area contributed by atoms with Crippen LogP contribution in [0.3, 0.4) is 0 Å². The van der Waals surface area contributed by atoms with Crippen molar-refractivity contribution >= 4 is 10.8 Å². The lowest BCUT2D eigenvalue weighted by Crippen LogP contribution is -1.90. The maximum Gasteiger partial charge on any atom is 0.119 e. The molecule has 0 aromatic heterocycles. The van der Waals surface area contributed by atoms with Gasteiger partial charge in [-0.3, -0.25) is 0 Å². The molecular weight excluding hydrogens is 196 g/mol. The summed E-state index contributed by atoms with van der Waals surface area (Å²) in [7, 11) is 1.73. The van der Waals surface area contributed by atoms with Gasteiger partial charge < -0.3 is 4.74 Å². The first-order chi connectivity index (χ1) is 7.79. The van der Waals surface area contributed by atoms with E-state index in [2.05, 4.69) is 31.2 Å². The first kappa shape index (κ1) is 9.71. The van der Waals surface area contributed by atoms with Crippen LogP contribution in [-0.2, 0) is 12.8 Å². The van der Waals surface area contributed by atoms with E-state index in [1.54, 1.807) is 18.2 Å². The molecule has 3 rings (SSSR count). The molecule has 1 aliphatic rings. The number of rotatable bonds is 1. The van der Waals surface area contributed by atoms with Gasteiger partial charge in [0, 0.05) is 0 Å². The Labute approximate surface area is 96.0 Å². The topological polar surface area (TPSA) is 9.23 Å². The quantitative estimate of drug-likeness (QED) is 0.701. The molecule has 0 spiro atoms. The van der Waals surface area contributed by atoms with Gasteiger partial charge in [-0.25, -0.2) is 0 Å². The summed E-state index contributed by atoms with van der Waals surface area (Å²) in [4.78, 5) is 0. The number of fused-ring (bicyclic) bond motifs is 3. The molecule has 0 bridgehead atoms. The predicted molar refractivity (Wildman–Crippen MR) is 67.3 cm³/mol. The third-order valence-corrected chi connectivity index (χ3v) is 3.63. The van der Waals surface area contributed by atoms with Crippen LogP contribution in [0.15, 0.2) is 24.3 Å². The molecule has 0 radical (unpaired) electrons. The smallest absolute Gasteiger partial charge is 0.119 e. The average molecular weight is 212 g/mol. The molecule has 1 nitrogen and oxygen atoms in total. The standard InChI is InChI=1S/C15H16O/c1-10-8-11-4-3-5-14(11)15-9-12(16-2)6-7-13(10)15/h6-9H,3-5H2,1-2H3. The van der Waals surface area contributed by atoms with E-state index >= 15 is 0 Å². The maximum absolute atomic E-state index is 5.32. The molecule has 0 heterocycles. The largest absolute Gasteiger partial charge is 0.497 e. The number of ether oxygens (including phenoxy) is 1. The van der Waals surface area contributed by atoms with E-state index < -0.39 is 0 Å². The number of hydrogen-bond acceptors (Lipinski definition) is 1. The van der Waals surface area contributed by atoms with Gasteiger partial charge in [0.25, 0.3) is 0 Å². The molecule has 1 heteroatoms. The highest BCUT2D eigenvalue weighted by atomic mass is 16.5. The third-order valence-electron chi connectivity index (χ3n) is 3.63. The number of benzene rings is 2. The zero-order valence-corrected chi connectivity index (χ0v) is 9.84. The van der Waals surface area contributed by atoms with Crippen molar-refractivity contribution in [3.05, 3.63) is 41.0 Å². The molecule has 2 aromatic carbocycles. The van der Waals surface area contributed by atoms with Crippen LogP contribution >= 0.6 is 0 Å². The van der Waals surface area contributed by atoms with Crippen LogP contribution in [0.2, 0.25) is 0 Å². The summed E-state index contributed by atoms with van der Waals surface area (Å²) < 4.78 is 5.32. The van der Waals surface area contributed by atoms with Crippen LogP contribution < -0.4 is 4.74 Å². The normalized spacial score (nSPS) is 14.1. The summed E-state index contributed by atoms with van der Waals surface area (Å²) in [6, 6.07) is 8.78. The van der Waals surface area contributed by atoms with Crippen molar-refractivity contribution in [1.82, 2.24) is 0 Å². The van der Waals surface area contributed by atoms with Crippen LogP contribution in [0.4, 0.5) is 0 Å². The first-order valence-electron chi connectivity index (χ1n) is 5.88. The Kier molecular flexibility index (Phi) is 2.13. The average Bonchev–Trinajstić information content (AvgIpc) is 2.76. The van der Waals surface area contributed by atoms with Crippen molar-refractivity contribution in [2.24, 2.45) is 0 Å². The van der Waals surface area contributed by atoms with E-state index in [0.29, 0.717) is 0 Å². The lowest BCUT2D eigenvalue weighted by atomic mass is 9.97. The van der Waals surface area contributed by atoms with Gasteiger partial charge in [0.05, 0.1) is 7.11 Å². The minimum atomic E-state index is 0.965. The number of aryl methyl sites for hydroxylation is 3. The summed E-state index contributed by atoms with van der Waals surface area (Å²) in [6.45, 7) is 2.20. The van der Waals surface area contributed by atoms with Gasteiger partial charge in [-0.1, -0.05) is 12.1 Å². The lowest BCUT2D eigenvalue weighted by molar-refractivity contribution is 0.415. The van der Waals surface area contributed by atoms with Gasteiger partial charge in [0.2, 0.25) is 0 Å². The minimum Gasteiger partial charge on any atom is -0.497 e. The highest BCUT2D eigenvalue weighted by Crippen LogP contribution is 2.34. The van der Waals surface area contributed by atoms with Gasteiger partial charge in [0.1, 0.15) is 5.75 Å². The van der Waals surface area contributed by atoms with Gasteiger partial charge in [-0.2, -0.15) is 0 Å². The molecule has 82 valence electrons. The van der Waals surface area contributed by atoms with Crippen molar-refractivity contribution < 1.29 is 4.74 Å². The fraction of sp³-hybridized carbons (Fsp3) is 0.333. The van der Waals surface area contributed by atoms with Gasteiger partial charge >= 0.3 is 0 Å². The second kappa shape index (κ2) is 3.51. The molecule has 0 atom stereocenters. The summed E-state index contributed by atoms with van der Waals surface area (Å²) in [5.74, 6) is 0.965. The second-order valence-corrected chi connectivity index (χ2v) is 4.60. The van der Waals surface area contributed by atoms with Crippen LogP contribution in [0.5, 0.6) is 5.75 Å². The monoisotopic (exact) mass is 212 g/mol. The molecule has 0 aliphatic heterocycles. The van der Waals surface area contributed by atoms with Crippen molar-refractivity contribution in [2.75, 3.05) is 7.11 Å². The van der Waals surface area contributed by atoms with E-state index in [4.69, 9.17) is 4.74 Å². The Hall–Kier alpha value is -1.50. The molecule has 16 heavy (non-hydrogen) atoms. The Morgan fingerprint density at radius 1 is 1.06 bits per heavy atom. The number of hydrogen-bond donors (Lipinski definition) is 0. The summed E-state index contributed by atoms with van der Waals surface area (Å²) >= 11 is 0. The molecule has 0 fully saturated rings. The van der Waals surface area contributed by atoms with Crippen molar-refractivity contribution in [2.45, 2.75) is 26.2 Å². The zero-order chi connectivity index (χ0) is 11.1. The van der Waals surface area contributed by atoms with Crippen molar-refractivity contribution in [3.63, 3.8) is 0 Å². The van der Waals surface area contributed by atoms with Crippen LogP contribution in [-0.4, -0.2) is 7.11 Å². The van der Waals surface area contributed by atoms with Gasteiger partial charge in [-0.15, -0.1) is 0 Å². The fourth-order valence-corrected chi connectivity index (χ4v) is 2.82. The van der Waals surface area contributed by atoms with Crippen molar-refractivity contribution in [3.8, 4) is 5.75 Å². The van der Waals surface area contributed by atoms with Gasteiger partial charge in [-0.05, 0) is 65.8 Å². The molecule has 1 aliphatic carbocycles. The zero-order valence-electron chi connectivity index (χ0n) is 9.84. The predicted octanol–water partition coefficient (Wildman–Crippen LogP) is 3.65. The highest BCUT2D eigenvalue weighted by Gasteiger charge is 2.15. The minimum absolute atomic E-state index is 0.965. The highest BCUT2D eigenvalue weighted by molar-refractivity contribution is 5.91. The van der Waals surface area contributed by atoms with E-state index in [-0.39, 0.29) is 0 Å². The lowest BCUT2D eigenvalue weighted by Gasteiger charge is -2.10. The van der Waals surface area contributed by atoms with Crippen molar-refractivity contribution in [1.29, 1.82) is 0 Å². The van der Waals surface area contributed by atoms with E-state index in [9.17, 15) is 0 Å². The summed E-state index contributed by atoms with van der Waals surface area (Å²) in [5.41, 5.74) is 4.47. The summed E-state index contributed by atoms with van der Waals surface area (Å²) in [6.07, 6.45) is 3.76. The van der Waals surface area contributed by atoms with E-state index in [0.717, 1.165) is 5.75 Å². The van der Waals surface area contributed by atoms with Crippen LogP contribution in [0, 0.1) is 6.92 Å². The fourth-order valence-electron chi connectivity index (χ4n) is 2.82. The third kappa shape index (κ3) is 1.31. The maximum atomic E-state index is 5.32. The molecule has 2 aromatic rings. The van der Waals surface area contributed by atoms with Gasteiger partial charge in [0.15, 0.2) is 0 Å². The molecule has 0 N–H and O–H groups in total. The molecule has 0 unspecified atom stereocenters. The Morgan fingerprint density at radius 3 is 2.75 bits per heavy atom. The van der Waals surface area contributed by atoms with E-state index in [1.807, 2.05) is 0 Å². The molecule has 0 saturated heterocycles. The molecule has 0 saturated carbocycles. The number of methoxy groups -OCH3 is 1. The Morgan fingerprint density at radius 2 is 1.94 bits per heavy atom. The Bertz CT molecular complexity index is 555. The molecule has 0 amide bonds. The first-order valence-corrected chi connectivity index (χ1v) is 5.88. The SMILES string of the molecule is COc1ccc2c(C)cc3c(c2c1)CCC3. The van der Waals surface area contributed by atoms with E-state index in [1.165, 1.54) is 35.6 Å². The van der Waals surface area contributed by atoms with Crippen LogP contribution in [0.1, 0.15) is 23.1 Å². The van der Waals surface area contributed by atoms with Crippen LogP contribution in [0.25, 0.3) is 10.8 Å².